The maximum Gasteiger partial charge on any atom is 0.125 e. The van der Waals surface area contributed by atoms with E-state index in [9.17, 15) is 0 Å². The first-order chi connectivity index (χ1) is 5.27. The molecule has 0 bridgehead atoms. The Morgan fingerprint density at radius 1 is 1.36 bits per heavy atom. The van der Waals surface area contributed by atoms with Crippen LogP contribution >= 0.6 is 0 Å². The van der Waals surface area contributed by atoms with Crippen LogP contribution in [0.3, 0.4) is 0 Å². The summed E-state index contributed by atoms with van der Waals surface area (Å²) >= 11 is 0. The van der Waals surface area contributed by atoms with Crippen molar-refractivity contribution >= 4 is 12.2 Å². The van der Waals surface area contributed by atoms with E-state index in [1.54, 1.807) is 18.3 Å². The van der Waals surface area contributed by atoms with Crippen LogP contribution in [-0.4, -0.2) is 9.97 Å². The lowest BCUT2D eigenvalue weighted by Gasteiger charge is -1.98. The number of hydrogen-bond donors (Lipinski definition) is 0. The van der Waals surface area contributed by atoms with E-state index in [1.807, 2.05) is 6.92 Å². The van der Waals surface area contributed by atoms with E-state index in [0.717, 1.165) is 17.1 Å². The number of aryl methyl sites for hydroxylation is 1. The second-order valence-electron chi connectivity index (χ2n) is 2.17. The van der Waals surface area contributed by atoms with E-state index in [-0.39, 0.29) is 0 Å². The Bertz CT molecular complexity index is 290. The maximum absolute atomic E-state index is 4.16. The number of hydrogen-bond acceptors (Lipinski definition) is 2. The Kier molecular flexibility index (Phi) is 2.16. The zero-order valence-electron chi connectivity index (χ0n) is 6.54. The van der Waals surface area contributed by atoms with Gasteiger partial charge in [0.2, 0.25) is 0 Å². The second-order valence-corrected chi connectivity index (χ2v) is 2.17. The third-order valence-electron chi connectivity index (χ3n) is 1.38. The summed E-state index contributed by atoms with van der Waals surface area (Å²) in [4.78, 5) is 8.19. The Hall–Kier alpha value is -1.44. The lowest BCUT2D eigenvalue weighted by Crippen LogP contribution is -1.92. The minimum absolute atomic E-state index is 0.755. The van der Waals surface area contributed by atoms with Crippen LogP contribution in [-0.2, 0) is 0 Å². The third-order valence-corrected chi connectivity index (χ3v) is 1.38. The molecule has 0 saturated carbocycles. The van der Waals surface area contributed by atoms with Gasteiger partial charge in [-0.1, -0.05) is 19.2 Å². The summed E-state index contributed by atoms with van der Waals surface area (Å²) in [5.74, 6) is 0.755. The fraction of sp³-hybridized carbons (Fsp3) is 0.111. The van der Waals surface area contributed by atoms with Crippen molar-refractivity contribution in [2.24, 2.45) is 0 Å². The molecule has 0 atom stereocenters. The molecule has 1 rings (SSSR count). The van der Waals surface area contributed by atoms with Gasteiger partial charge >= 0.3 is 0 Å². The van der Waals surface area contributed by atoms with Gasteiger partial charge < -0.3 is 0 Å². The second kappa shape index (κ2) is 3.10. The Morgan fingerprint density at radius 3 is 2.64 bits per heavy atom. The van der Waals surface area contributed by atoms with E-state index < -0.39 is 0 Å². The highest BCUT2D eigenvalue weighted by molar-refractivity contribution is 5.59. The van der Waals surface area contributed by atoms with Crippen molar-refractivity contribution in [1.82, 2.24) is 9.97 Å². The fourth-order valence-electron chi connectivity index (χ4n) is 0.818. The normalized spacial score (nSPS) is 9.18. The van der Waals surface area contributed by atoms with E-state index in [0.29, 0.717) is 0 Å². The molecule has 1 aromatic heterocycles. The topological polar surface area (TPSA) is 25.8 Å². The molecule has 0 amide bonds. The SMILES string of the molecule is C=Cc1cnc(C)nc1C=C. The van der Waals surface area contributed by atoms with Crippen LogP contribution in [0.1, 0.15) is 17.1 Å². The number of nitrogens with zero attached hydrogens (tertiary/aromatic N) is 2. The standard InChI is InChI=1S/C9H10N2/c1-4-8-6-10-7(3)11-9(8)5-2/h4-6H,1-2H2,3H3. The van der Waals surface area contributed by atoms with Crippen molar-refractivity contribution in [3.63, 3.8) is 0 Å². The average molecular weight is 146 g/mol. The van der Waals surface area contributed by atoms with Crippen LogP contribution in [0, 0.1) is 6.92 Å². The van der Waals surface area contributed by atoms with E-state index in [4.69, 9.17) is 0 Å². The van der Waals surface area contributed by atoms with Crippen LogP contribution in [0.5, 0.6) is 0 Å². The van der Waals surface area contributed by atoms with Crippen molar-refractivity contribution in [2.45, 2.75) is 6.92 Å². The molecule has 2 nitrogen and oxygen atoms in total. The summed E-state index contributed by atoms with van der Waals surface area (Å²) in [6, 6.07) is 0. The number of aromatic nitrogens is 2. The first-order valence-electron chi connectivity index (χ1n) is 3.36. The molecule has 0 saturated heterocycles. The summed E-state index contributed by atoms with van der Waals surface area (Å²) < 4.78 is 0. The van der Waals surface area contributed by atoms with Crippen LogP contribution in [0.2, 0.25) is 0 Å². The van der Waals surface area contributed by atoms with Crippen molar-refractivity contribution < 1.29 is 0 Å². The van der Waals surface area contributed by atoms with Gasteiger partial charge in [-0.25, -0.2) is 9.97 Å². The molecular formula is C9H10N2. The third kappa shape index (κ3) is 1.52. The van der Waals surface area contributed by atoms with Crippen molar-refractivity contribution in [1.29, 1.82) is 0 Å². The summed E-state index contributed by atoms with van der Waals surface area (Å²) in [5.41, 5.74) is 1.76. The van der Waals surface area contributed by atoms with Gasteiger partial charge in [0.05, 0.1) is 5.69 Å². The molecular weight excluding hydrogens is 136 g/mol. The predicted molar refractivity (Wildman–Crippen MR) is 47.0 cm³/mol. The van der Waals surface area contributed by atoms with Crippen molar-refractivity contribution in [3.05, 3.63) is 36.4 Å². The predicted octanol–water partition coefficient (Wildman–Crippen LogP) is 2.07. The Morgan fingerprint density at radius 2 is 2.09 bits per heavy atom. The zero-order valence-corrected chi connectivity index (χ0v) is 6.54. The molecule has 2 heteroatoms. The molecule has 0 N–H and O–H groups in total. The van der Waals surface area contributed by atoms with Gasteiger partial charge in [-0.3, -0.25) is 0 Å². The van der Waals surface area contributed by atoms with Gasteiger partial charge in [0.25, 0.3) is 0 Å². The molecule has 1 heterocycles. The van der Waals surface area contributed by atoms with Crippen LogP contribution in [0.25, 0.3) is 12.2 Å². The summed E-state index contributed by atoms with van der Waals surface area (Å²) in [7, 11) is 0. The first-order valence-corrected chi connectivity index (χ1v) is 3.36. The molecule has 0 aliphatic heterocycles. The zero-order chi connectivity index (χ0) is 8.27. The van der Waals surface area contributed by atoms with Gasteiger partial charge in [0.1, 0.15) is 5.82 Å². The lowest BCUT2D eigenvalue weighted by atomic mass is 10.2. The number of rotatable bonds is 2. The van der Waals surface area contributed by atoms with Gasteiger partial charge in [-0.15, -0.1) is 0 Å². The molecule has 0 unspecified atom stereocenters. The van der Waals surface area contributed by atoms with Gasteiger partial charge in [0.15, 0.2) is 0 Å². The van der Waals surface area contributed by atoms with E-state index >= 15 is 0 Å². The van der Waals surface area contributed by atoms with E-state index in [1.165, 1.54) is 0 Å². The van der Waals surface area contributed by atoms with Crippen molar-refractivity contribution in [3.8, 4) is 0 Å². The van der Waals surface area contributed by atoms with Gasteiger partial charge in [-0.05, 0) is 13.0 Å². The Balaban J connectivity index is 3.26. The van der Waals surface area contributed by atoms with Gasteiger partial charge in [-0.2, -0.15) is 0 Å². The summed E-state index contributed by atoms with van der Waals surface area (Å²) in [5, 5.41) is 0. The quantitative estimate of drug-likeness (QED) is 0.638. The molecule has 0 radical (unpaired) electrons. The minimum Gasteiger partial charge on any atom is -0.241 e. The molecule has 0 spiro atoms. The molecule has 0 aliphatic carbocycles. The van der Waals surface area contributed by atoms with Crippen molar-refractivity contribution in [2.75, 3.05) is 0 Å². The van der Waals surface area contributed by atoms with Crippen LogP contribution < -0.4 is 0 Å². The lowest BCUT2D eigenvalue weighted by molar-refractivity contribution is 1.04. The Labute approximate surface area is 66.3 Å². The largest absolute Gasteiger partial charge is 0.241 e. The molecule has 0 fully saturated rings. The monoisotopic (exact) mass is 146 g/mol. The molecule has 0 aliphatic rings. The summed E-state index contributed by atoms with van der Waals surface area (Å²) in [6.07, 6.45) is 5.16. The highest BCUT2D eigenvalue weighted by atomic mass is 14.9. The van der Waals surface area contributed by atoms with E-state index in [2.05, 4.69) is 23.1 Å². The molecule has 0 aromatic carbocycles. The van der Waals surface area contributed by atoms with Crippen LogP contribution in [0.15, 0.2) is 19.4 Å². The highest BCUT2D eigenvalue weighted by Gasteiger charge is 1.96. The van der Waals surface area contributed by atoms with Crippen LogP contribution in [0.4, 0.5) is 0 Å². The highest BCUT2D eigenvalue weighted by Crippen LogP contribution is 2.07. The average Bonchev–Trinajstić information content (AvgIpc) is 2.04. The maximum atomic E-state index is 4.16. The van der Waals surface area contributed by atoms with Gasteiger partial charge in [0, 0.05) is 11.8 Å². The fourth-order valence-corrected chi connectivity index (χ4v) is 0.818. The smallest absolute Gasteiger partial charge is 0.125 e. The molecule has 11 heavy (non-hydrogen) atoms. The first kappa shape index (κ1) is 7.66. The molecule has 56 valence electrons. The minimum atomic E-state index is 0.755. The molecule has 1 aromatic rings. The summed E-state index contributed by atoms with van der Waals surface area (Å²) in [6.45, 7) is 9.13.